The van der Waals surface area contributed by atoms with E-state index >= 15 is 0 Å². The van der Waals surface area contributed by atoms with Gasteiger partial charge in [0.25, 0.3) is 5.91 Å². The van der Waals surface area contributed by atoms with Gasteiger partial charge < -0.3 is 4.74 Å². The third-order valence-electron chi connectivity index (χ3n) is 4.51. The highest BCUT2D eigenvalue weighted by molar-refractivity contribution is 9.10. The van der Waals surface area contributed by atoms with Crippen molar-refractivity contribution in [3.8, 4) is 18.1 Å². The zero-order valence-electron chi connectivity index (χ0n) is 16.0. The standard InChI is InChI=1S/C25H17BrN2O2/c1-2-15-30-23-14-13-20(26)16-19(23)17-22-24(18-9-5-3-6-10-18)27-28(25(22)29)21-11-7-4-8-12-21/h1,3-14,16-17H,15H2/b22-17-. The molecule has 30 heavy (non-hydrogen) atoms. The van der Waals surface area contributed by atoms with E-state index in [-0.39, 0.29) is 12.5 Å². The first-order valence-electron chi connectivity index (χ1n) is 9.29. The number of benzene rings is 3. The summed E-state index contributed by atoms with van der Waals surface area (Å²) in [5.74, 6) is 2.86. The van der Waals surface area contributed by atoms with Gasteiger partial charge in [0.15, 0.2) is 0 Å². The first kappa shape index (κ1) is 19.7. The molecule has 0 unspecified atom stereocenters. The molecular formula is C25H17BrN2O2. The average Bonchev–Trinajstić information content (AvgIpc) is 3.10. The molecule has 1 aliphatic heterocycles. The molecule has 0 atom stereocenters. The molecule has 0 aromatic heterocycles. The summed E-state index contributed by atoms with van der Waals surface area (Å²) in [5.41, 5.74) is 3.39. The van der Waals surface area contributed by atoms with Crippen LogP contribution in [0.25, 0.3) is 6.08 Å². The molecule has 0 aliphatic carbocycles. The lowest BCUT2D eigenvalue weighted by atomic mass is 10.00. The SMILES string of the molecule is C#CCOc1ccc(Br)cc1/C=C1\C(=O)N(c2ccccc2)N=C1c1ccccc1. The van der Waals surface area contributed by atoms with Crippen LogP contribution in [0.4, 0.5) is 5.69 Å². The van der Waals surface area contributed by atoms with E-state index in [0.29, 0.717) is 22.7 Å². The monoisotopic (exact) mass is 456 g/mol. The van der Waals surface area contributed by atoms with Gasteiger partial charge in [-0.1, -0.05) is 70.4 Å². The third kappa shape index (κ3) is 4.05. The van der Waals surface area contributed by atoms with Crippen molar-refractivity contribution < 1.29 is 9.53 Å². The maximum Gasteiger partial charge on any atom is 0.281 e. The molecule has 0 radical (unpaired) electrons. The van der Waals surface area contributed by atoms with E-state index in [9.17, 15) is 4.79 Å². The van der Waals surface area contributed by atoms with Crippen LogP contribution >= 0.6 is 15.9 Å². The van der Waals surface area contributed by atoms with Crippen LogP contribution in [0, 0.1) is 12.3 Å². The fourth-order valence-electron chi connectivity index (χ4n) is 3.14. The molecule has 0 bridgehead atoms. The summed E-state index contributed by atoms with van der Waals surface area (Å²) < 4.78 is 6.54. The Balaban J connectivity index is 1.84. The van der Waals surface area contributed by atoms with E-state index < -0.39 is 0 Å². The molecule has 4 rings (SSSR count). The number of hydrazone groups is 1. The number of nitrogens with zero attached hydrogens (tertiary/aromatic N) is 2. The topological polar surface area (TPSA) is 41.9 Å². The molecule has 0 spiro atoms. The Morgan fingerprint density at radius 2 is 1.73 bits per heavy atom. The molecule has 3 aromatic rings. The Hall–Kier alpha value is -3.62. The van der Waals surface area contributed by atoms with E-state index in [4.69, 9.17) is 11.2 Å². The highest BCUT2D eigenvalue weighted by Crippen LogP contribution is 2.31. The predicted octanol–water partition coefficient (Wildman–Crippen LogP) is 5.30. The number of amides is 1. The van der Waals surface area contributed by atoms with Gasteiger partial charge >= 0.3 is 0 Å². The number of rotatable bonds is 5. The van der Waals surface area contributed by atoms with Gasteiger partial charge in [-0.25, -0.2) is 0 Å². The van der Waals surface area contributed by atoms with Crippen LogP contribution in [-0.4, -0.2) is 18.2 Å². The summed E-state index contributed by atoms with van der Waals surface area (Å²) >= 11 is 3.49. The van der Waals surface area contributed by atoms with Gasteiger partial charge in [0.2, 0.25) is 0 Å². The predicted molar refractivity (Wildman–Crippen MR) is 123 cm³/mol. The molecule has 0 saturated heterocycles. The average molecular weight is 457 g/mol. The van der Waals surface area contributed by atoms with E-state index in [1.807, 2.05) is 78.9 Å². The molecular weight excluding hydrogens is 440 g/mol. The minimum absolute atomic E-state index is 0.140. The van der Waals surface area contributed by atoms with Gasteiger partial charge in [0.1, 0.15) is 18.1 Å². The van der Waals surface area contributed by atoms with Crippen LogP contribution in [-0.2, 0) is 4.79 Å². The fraction of sp³-hybridized carbons (Fsp3) is 0.0400. The summed E-state index contributed by atoms with van der Waals surface area (Å²) in [6.45, 7) is 0.140. The molecule has 1 heterocycles. The van der Waals surface area contributed by atoms with Gasteiger partial charge in [0.05, 0.1) is 11.3 Å². The van der Waals surface area contributed by atoms with E-state index in [2.05, 4.69) is 27.0 Å². The number of para-hydroxylation sites is 1. The Labute approximate surface area is 183 Å². The quantitative estimate of drug-likeness (QED) is 0.386. The molecule has 3 aromatic carbocycles. The fourth-order valence-corrected chi connectivity index (χ4v) is 3.52. The lowest BCUT2D eigenvalue weighted by molar-refractivity contribution is -0.114. The van der Waals surface area contributed by atoms with Crippen molar-refractivity contribution in [1.82, 2.24) is 0 Å². The second kappa shape index (κ2) is 8.81. The van der Waals surface area contributed by atoms with Gasteiger partial charge in [-0.15, -0.1) is 6.42 Å². The van der Waals surface area contributed by atoms with Crippen molar-refractivity contribution in [2.75, 3.05) is 11.6 Å². The number of hydrogen-bond donors (Lipinski definition) is 0. The Morgan fingerprint density at radius 1 is 1.03 bits per heavy atom. The summed E-state index contributed by atoms with van der Waals surface area (Å²) in [4.78, 5) is 13.4. The number of terminal acetylenes is 1. The molecule has 1 amide bonds. The Morgan fingerprint density at radius 3 is 2.43 bits per heavy atom. The maximum atomic E-state index is 13.4. The Bertz CT molecular complexity index is 1180. The van der Waals surface area contributed by atoms with Gasteiger partial charge in [-0.3, -0.25) is 4.79 Å². The van der Waals surface area contributed by atoms with Crippen molar-refractivity contribution in [1.29, 1.82) is 0 Å². The second-order valence-electron chi connectivity index (χ2n) is 6.50. The van der Waals surface area contributed by atoms with Crippen molar-refractivity contribution in [2.24, 2.45) is 5.10 Å². The zero-order valence-corrected chi connectivity index (χ0v) is 17.5. The highest BCUT2D eigenvalue weighted by Gasteiger charge is 2.32. The van der Waals surface area contributed by atoms with Crippen molar-refractivity contribution >= 4 is 39.3 Å². The maximum absolute atomic E-state index is 13.4. The smallest absolute Gasteiger partial charge is 0.281 e. The lowest BCUT2D eigenvalue weighted by Crippen LogP contribution is -2.21. The molecule has 0 saturated carbocycles. The second-order valence-corrected chi connectivity index (χ2v) is 7.42. The number of halogens is 1. The normalized spacial score (nSPS) is 14.5. The van der Waals surface area contributed by atoms with Crippen LogP contribution in [0.3, 0.4) is 0 Å². The zero-order chi connectivity index (χ0) is 20.9. The molecule has 0 fully saturated rings. The molecule has 5 heteroatoms. The van der Waals surface area contributed by atoms with Crippen LogP contribution < -0.4 is 9.75 Å². The Kier molecular flexibility index (Phi) is 5.78. The highest BCUT2D eigenvalue weighted by atomic mass is 79.9. The molecule has 146 valence electrons. The number of hydrogen-bond acceptors (Lipinski definition) is 3. The van der Waals surface area contributed by atoms with E-state index in [1.54, 1.807) is 6.08 Å². The van der Waals surface area contributed by atoms with Crippen LogP contribution in [0.15, 0.2) is 94.0 Å². The minimum atomic E-state index is -0.206. The van der Waals surface area contributed by atoms with Gasteiger partial charge in [-0.05, 0) is 36.4 Å². The summed E-state index contributed by atoms with van der Waals surface area (Å²) in [7, 11) is 0. The van der Waals surface area contributed by atoms with Crippen molar-refractivity contribution in [3.63, 3.8) is 0 Å². The van der Waals surface area contributed by atoms with E-state index in [0.717, 1.165) is 15.6 Å². The number of ether oxygens (including phenoxy) is 1. The van der Waals surface area contributed by atoms with Crippen molar-refractivity contribution in [3.05, 3.63) is 100 Å². The van der Waals surface area contributed by atoms with Crippen LogP contribution in [0.5, 0.6) is 5.75 Å². The summed E-state index contributed by atoms with van der Waals surface area (Å²) in [6, 6.07) is 24.6. The molecule has 4 nitrogen and oxygen atoms in total. The first-order chi connectivity index (χ1) is 14.7. The number of carbonyl (C=O) groups excluding carboxylic acids is 1. The lowest BCUT2D eigenvalue weighted by Gasteiger charge is -2.11. The van der Waals surface area contributed by atoms with Gasteiger partial charge in [-0.2, -0.15) is 10.1 Å². The summed E-state index contributed by atoms with van der Waals surface area (Å²) in [5, 5.41) is 6.07. The van der Waals surface area contributed by atoms with E-state index in [1.165, 1.54) is 5.01 Å². The largest absolute Gasteiger partial charge is 0.480 e. The van der Waals surface area contributed by atoms with Gasteiger partial charge in [0, 0.05) is 15.6 Å². The van der Waals surface area contributed by atoms with Crippen LogP contribution in [0.2, 0.25) is 0 Å². The first-order valence-corrected chi connectivity index (χ1v) is 10.1. The molecule has 1 aliphatic rings. The van der Waals surface area contributed by atoms with Crippen molar-refractivity contribution in [2.45, 2.75) is 0 Å². The van der Waals surface area contributed by atoms with Crippen LogP contribution in [0.1, 0.15) is 11.1 Å². The number of carbonyl (C=O) groups is 1. The number of anilines is 1. The minimum Gasteiger partial charge on any atom is -0.480 e. The summed E-state index contributed by atoms with van der Waals surface area (Å²) in [6.07, 6.45) is 7.14. The third-order valence-corrected chi connectivity index (χ3v) is 5.00. The molecule has 0 N–H and O–H groups in total.